The molecule has 0 aromatic carbocycles. The minimum absolute atomic E-state index is 0.596. The van der Waals surface area contributed by atoms with Crippen molar-refractivity contribution in [2.75, 3.05) is 7.05 Å². The van der Waals surface area contributed by atoms with Crippen LogP contribution in [0.5, 0.6) is 0 Å². The summed E-state index contributed by atoms with van der Waals surface area (Å²) in [7, 11) is 2.07. The molecule has 0 aromatic heterocycles. The fraction of sp³-hybridized carbons (Fsp3) is 0.571. The molecule has 90 valence electrons. The van der Waals surface area contributed by atoms with Crippen LogP contribution in [0.1, 0.15) is 40.5 Å². The molecule has 0 radical (unpaired) electrons. The van der Waals surface area contributed by atoms with E-state index in [0.717, 1.165) is 24.4 Å². The first kappa shape index (κ1) is 12.9. The predicted octanol–water partition coefficient (Wildman–Crippen LogP) is 4.39. The number of nitrogens with zero attached hydrogens (tertiary/aromatic N) is 2. The summed E-state index contributed by atoms with van der Waals surface area (Å²) in [5.74, 6) is 1.68. The summed E-state index contributed by atoms with van der Waals surface area (Å²) < 4.78 is 0. The summed E-state index contributed by atoms with van der Waals surface area (Å²) in [4.78, 5) is 2.15. The smallest absolute Gasteiger partial charge is 0.0234 e. The van der Waals surface area contributed by atoms with Gasteiger partial charge in [0.15, 0.2) is 0 Å². The first-order chi connectivity index (χ1) is 7.43. The van der Waals surface area contributed by atoms with E-state index in [1.54, 1.807) is 0 Å². The van der Waals surface area contributed by atoms with E-state index < -0.39 is 0 Å². The third-order valence-electron chi connectivity index (χ3n) is 3.42. The lowest BCUT2D eigenvalue weighted by molar-refractivity contribution is 0.543. The molecule has 1 atom stereocenters. The van der Waals surface area contributed by atoms with Gasteiger partial charge in [0.05, 0.1) is 0 Å². The summed E-state index contributed by atoms with van der Waals surface area (Å²) in [6.45, 7) is 12.5. The molecule has 0 saturated heterocycles. The van der Waals surface area contributed by atoms with Crippen molar-refractivity contribution in [2.24, 2.45) is 5.92 Å². The Morgan fingerprint density at radius 3 is 2.56 bits per heavy atom. The molecule has 16 heavy (non-hydrogen) atoms. The van der Waals surface area contributed by atoms with E-state index in [9.17, 15) is 0 Å². The number of allylic oxidation sites excluding steroid dienone is 4. The van der Waals surface area contributed by atoms with Gasteiger partial charge in [0, 0.05) is 0 Å². The second kappa shape index (κ2) is 5.24. The summed E-state index contributed by atoms with van der Waals surface area (Å²) in [5.41, 5.74) is 3.64. The van der Waals surface area contributed by atoms with E-state index in [1.165, 1.54) is 11.3 Å². The Morgan fingerprint density at radius 1 is 1.50 bits per heavy atom. The second-order valence-electron chi connectivity index (χ2n) is 4.73. The SMILES string of the molecule is C=C(C)C(C)CCC=C1[N-]C(C)=C(C)N1C. The van der Waals surface area contributed by atoms with E-state index in [1.807, 2.05) is 0 Å². The average molecular weight is 219 g/mol. The first-order valence-electron chi connectivity index (χ1n) is 5.92. The van der Waals surface area contributed by atoms with E-state index >= 15 is 0 Å². The molecular formula is C14H23N2-. The monoisotopic (exact) mass is 219 g/mol. The van der Waals surface area contributed by atoms with Crippen molar-refractivity contribution < 1.29 is 0 Å². The van der Waals surface area contributed by atoms with Crippen LogP contribution in [0.3, 0.4) is 0 Å². The quantitative estimate of drug-likeness (QED) is 0.641. The van der Waals surface area contributed by atoms with Gasteiger partial charge in [-0.1, -0.05) is 49.4 Å². The molecule has 0 saturated carbocycles. The first-order valence-corrected chi connectivity index (χ1v) is 5.92. The molecule has 1 heterocycles. The Kier molecular flexibility index (Phi) is 4.22. The van der Waals surface area contributed by atoms with Crippen LogP contribution < -0.4 is 0 Å². The van der Waals surface area contributed by atoms with Gasteiger partial charge in [-0.25, -0.2) is 0 Å². The standard InChI is InChI=1S/C14H23N2/c1-10(2)11(3)8-7-9-14-15-12(4)13(5)16(14)6/h9,11H,1,7-8H2,2-6H3/q-1. The average Bonchev–Trinajstić information content (AvgIpc) is 2.46. The van der Waals surface area contributed by atoms with E-state index in [-0.39, 0.29) is 0 Å². The minimum atomic E-state index is 0.596. The zero-order valence-corrected chi connectivity index (χ0v) is 11.2. The fourth-order valence-corrected chi connectivity index (χ4v) is 1.63. The second-order valence-corrected chi connectivity index (χ2v) is 4.73. The normalized spacial score (nSPS) is 20.3. The summed E-state index contributed by atoms with van der Waals surface area (Å²) in [5, 5.41) is 4.54. The van der Waals surface area contributed by atoms with Crippen LogP contribution in [-0.2, 0) is 0 Å². The zero-order chi connectivity index (χ0) is 12.3. The molecule has 2 heteroatoms. The van der Waals surface area contributed by atoms with Crippen molar-refractivity contribution in [2.45, 2.75) is 40.5 Å². The number of rotatable bonds is 4. The number of hydrogen-bond donors (Lipinski definition) is 0. The largest absolute Gasteiger partial charge is 0.450 e. The molecule has 0 amide bonds. The van der Waals surface area contributed by atoms with Crippen LogP contribution in [0.4, 0.5) is 0 Å². The van der Waals surface area contributed by atoms with E-state index in [4.69, 9.17) is 0 Å². The Bertz CT molecular complexity index is 337. The molecular weight excluding hydrogens is 196 g/mol. The number of hydrogen-bond acceptors (Lipinski definition) is 1. The third-order valence-corrected chi connectivity index (χ3v) is 3.42. The summed E-state index contributed by atoms with van der Waals surface area (Å²) in [6.07, 6.45) is 4.44. The molecule has 0 aromatic rings. The van der Waals surface area contributed by atoms with Crippen molar-refractivity contribution in [1.82, 2.24) is 4.90 Å². The fourth-order valence-electron chi connectivity index (χ4n) is 1.63. The van der Waals surface area contributed by atoms with Crippen LogP contribution in [0.2, 0.25) is 0 Å². The van der Waals surface area contributed by atoms with Gasteiger partial charge >= 0.3 is 0 Å². The van der Waals surface area contributed by atoms with Crippen LogP contribution in [-0.4, -0.2) is 11.9 Å². The van der Waals surface area contributed by atoms with Crippen LogP contribution in [0.15, 0.2) is 35.4 Å². The van der Waals surface area contributed by atoms with Crippen LogP contribution in [0.25, 0.3) is 5.32 Å². The maximum absolute atomic E-state index is 4.54. The van der Waals surface area contributed by atoms with Crippen LogP contribution in [0, 0.1) is 5.92 Å². The lowest BCUT2D eigenvalue weighted by Crippen LogP contribution is -2.09. The molecule has 1 aliphatic heterocycles. The van der Waals surface area contributed by atoms with Gasteiger partial charge in [-0.15, -0.1) is 0 Å². The highest BCUT2D eigenvalue weighted by molar-refractivity contribution is 5.41. The maximum atomic E-state index is 4.54. The van der Waals surface area contributed by atoms with E-state index in [0.29, 0.717) is 5.92 Å². The van der Waals surface area contributed by atoms with Gasteiger partial charge in [0.25, 0.3) is 0 Å². The van der Waals surface area contributed by atoms with Crippen molar-refractivity contribution in [1.29, 1.82) is 0 Å². The van der Waals surface area contributed by atoms with Crippen LogP contribution >= 0.6 is 0 Å². The lowest BCUT2D eigenvalue weighted by Gasteiger charge is -2.25. The molecule has 1 aliphatic rings. The predicted molar refractivity (Wildman–Crippen MR) is 70.8 cm³/mol. The van der Waals surface area contributed by atoms with Crippen molar-refractivity contribution in [3.05, 3.63) is 40.8 Å². The molecule has 2 nitrogen and oxygen atoms in total. The van der Waals surface area contributed by atoms with Gasteiger partial charge in [0.2, 0.25) is 0 Å². The molecule has 1 unspecified atom stereocenters. The highest BCUT2D eigenvalue weighted by atomic mass is 15.3. The lowest BCUT2D eigenvalue weighted by atomic mass is 9.99. The molecule has 0 fully saturated rings. The highest BCUT2D eigenvalue weighted by Gasteiger charge is 2.07. The molecule has 0 spiro atoms. The van der Waals surface area contributed by atoms with Gasteiger partial charge in [-0.05, 0) is 39.5 Å². The minimum Gasteiger partial charge on any atom is -0.450 e. The Hall–Kier alpha value is -1.18. The zero-order valence-electron chi connectivity index (χ0n) is 11.2. The van der Waals surface area contributed by atoms with Gasteiger partial charge in [-0.3, -0.25) is 0 Å². The molecule has 0 aliphatic carbocycles. The van der Waals surface area contributed by atoms with Gasteiger partial charge in [0.1, 0.15) is 0 Å². The maximum Gasteiger partial charge on any atom is -0.0234 e. The summed E-state index contributed by atoms with van der Waals surface area (Å²) >= 11 is 0. The Balaban J connectivity index is 2.47. The summed E-state index contributed by atoms with van der Waals surface area (Å²) in [6, 6.07) is 0. The van der Waals surface area contributed by atoms with Crippen molar-refractivity contribution in [3.8, 4) is 0 Å². The Labute approximate surface area is 99.7 Å². The third kappa shape index (κ3) is 2.91. The van der Waals surface area contributed by atoms with E-state index in [2.05, 4.69) is 57.6 Å². The highest BCUT2D eigenvalue weighted by Crippen LogP contribution is 2.32. The topological polar surface area (TPSA) is 17.3 Å². The molecule has 0 N–H and O–H groups in total. The van der Waals surface area contributed by atoms with Gasteiger partial charge in [-0.2, -0.15) is 0 Å². The van der Waals surface area contributed by atoms with Crippen molar-refractivity contribution in [3.63, 3.8) is 0 Å². The Morgan fingerprint density at radius 2 is 2.12 bits per heavy atom. The van der Waals surface area contributed by atoms with Gasteiger partial charge < -0.3 is 10.2 Å². The van der Waals surface area contributed by atoms with Crippen molar-refractivity contribution >= 4 is 0 Å². The molecule has 1 rings (SSSR count). The molecule has 0 bridgehead atoms.